The quantitative estimate of drug-likeness (QED) is 0.387. The molecule has 5 nitrogen and oxygen atoms in total. The van der Waals surface area contributed by atoms with Gasteiger partial charge in [-0.3, -0.25) is 4.79 Å². The van der Waals surface area contributed by atoms with Crippen molar-refractivity contribution in [3.05, 3.63) is 40.8 Å². The van der Waals surface area contributed by atoms with Gasteiger partial charge in [0.2, 0.25) is 0 Å². The Morgan fingerprint density at radius 2 is 2.12 bits per heavy atom. The first kappa shape index (κ1) is 8.84. The van der Waals surface area contributed by atoms with E-state index < -0.39 is 0 Å². The van der Waals surface area contributed by atoms with Gasteiger partial charge in [-0.1, -0.05) is 0 Å². The van der Waals surface area contributed by atoms with Gasteiger partial charge in [-0.2, -0.15) is 0 Å². The van der Waals surface area contributed by atoms with Crippen molar-refractivity contribution in [1.29, 1.82) is 0 Å². The molecule has 0 aliphatic carbocycles. The molecule has 5 heteroatoms. The molecule has 0 bridgehead atoms. The van der Waals surface area contributed by atoms with Gasteiger partial charge in [0.25, 0.3) is 5.56 Å². The third kappa shape index (κ3) is 1.02. The highest BCUT2D eigenvalue weighted by Crippen LogP contribution is 2.25. The Kier molecular flexibility index (Phi) is 1.54. The van der Waals surface area contributed by atoms with Gasteiger partial charge in [-0.15, -0.1) is 0 Å². The van der Waals surface area contributed by atoms with Crippen LogP contribution in [0.4, 0.5) is 5.69 Å². The summed E-state index contributed by atoms with van der Waals surface area (Å²) in [6.07, 6.45) is 1.78. The van der Waals surface area contributed by atoms with Crippen LogP contribution in [0.2, 0.25) is 0 Å². The highest BCUT2D eigenvalue weighted by molar-refractivity contribution is 5.84. The van der Waals surface area contributed by atoms with E-state index in [2.05, 4.69) is 4.98 Å². The second kappa shape index (κ2) is 2.79. The predicted octanol–water partition coefficient (Wildman–Crippen LogP) is 1.07. The van der Waals surface area contributed by atoms with Crippen LogP contribution in [0.1, 0.15) is 0 Å². The summed E-state index contributed by atoms with van der Waals surface area (Å²) >= 11 is 0. The van der Waals surface area contributed by atoms with Gasteiger partial charge >= 0.3 is 0 Å². The molecular weight excluding hydrogens is 206 g/mol. The Labute approximate surface area is 89.7 Å². The average molecular weight is 215 g/mol. The molecule has 2 aromatic heterocycles. The van der Waals surface area contributed by atoms with E-state index in [1.165, 1.54) is 6.07 Å². The number of anilines is 1. The SMILES string of the molecule is Nc1cc2c(cc1O)[nH]c(=O)c1cccn12. The monoisotopic (exact) mass is 215 g/mol. The van der Waals surface area contributed by atoms with Gasteiger partial charge in [0, 0.05) is 12.3 Å². The van der Waals surface area contributed by atoms with Crippen LogP contribution < -0.4 is 11.3 Å². The van der Waals surface area contributed by atoms with Gasteiger partial charge in [0.05, 0.1) is 16.7 Å². The zero-order valence-corrected chi connectivity index (χ0v) is 8.27. The van der Waals surface area contributed by atoms with Gasteiger partial charge < -0.3 is 20.2 Å². The molecule has 3 aromatic rings. The highest BCUT2D eigenvalue weighted by atomic mass is 16.3. The minimum atomic E-state index is -0.193. The van der Waals surface area contributed by atoms with Crippen molar-refractivity contribution in [3.8, 4) is 5.75 Å². The van der Waals surface area contributed by atoms with E-state index in [0.29, 0.717) is 11.0 Å². The van der Waals surface area contributed by atoms with Crippen LogP contribution in [0.15, 0.2) is 35.3 Å². The van der Waals surface area contributed by atoms with Gasteiger partial charge in [0.1, 0.15) is 11.3 Å². The first-order valence-corrected chi connectivity index (χ1v) is 4.78. The van der Waals surface area contributed by atoms with Crippen molar-refractivity contribution in [2.45, 2.75) is 0 Å². The lowest BCUT2D eigenvalue weighted by Crippen LogP contribution is -2.09. The summed E-state index contributed by atoms with van der Waals surface area (Å²) in [7, 11) is 0. The Morgan fingerprint density at radius 1 is 1.31 bits per heavy atom. The second-order valence-electron chi connectivity index (χ2n) is 3.65. The first-order valence-electron chi connectivity index (χ1n) is 4.78. The third-order valence-corrected chi connectivity index (χ3v) is 2.63. The number of nitrogens with one attached hydrogen (secondary N) is 1. The summed E-state index contributed by atoms with van der Waals surface area (Å²) in [4.78, 5) is 14.4. The fourth-order valence-electron chi connectivity index (χ4n) is 1.85. The van der Waals surface area contributed by atoms with Crippen LogP contribution in [0.3, 0.4) is 0 Å². The summed E-state index contributed by atoms with van der Waals surface area (Å²) in [5.41, 5.74) is 7.59. The normalized spacial score (nSPS) is 11.2. The Balaban J connectivity index is 2.64. The van der Waals surface area contributed by atoms with Crippen molar-refractivity contribution in [2.75, 3.05) is 5.73 Å². The summed E-state index contributed by atoms with van der Waals surface area (Å²) in [6.45, 7) is 0. The second-order valence-corrected chi connectivity index (χ2v) is 3.65. The van der Waals surface area contributed by atoms with E-state index in [9.17, 15) is 9.90 Å². The van der Waals surface area contributed by atoms with E-state index >= 15 is 0 Å². The molecular formula is C11H9N3O2. The molecule has 80 valence electrons. The van der Waals surface area contributed by atoms with Gasteiger partial charge in [-0.05, 0) is 18.2 Å². The molecule has 0 atom stereocenters. The molecule has 0 spiro atoms. The minimum Gasteiger partial charge on any atom is -0.506 e. The van der Waals surface area contributed by atoms with Crippen LogP contribution in [0.25, 0.3) is 16.6 Å². The van der Waals surface area contributed by atoms with Gasteiger partial charge in [0.15, 0.2) is 0 Å². The number of aromatic amines is 1. The molecule has 0 aliphatic heterocycles. The van der Waals surface area contributed by atoms with E-state index in [4.69, 9.17) is 5.73 Å². The Morgan fingerprint density at radius 3 is 2.94 bits per heavy atom. The number of hydrogen-bond donors (Lipinski definition) is 3. The number of nitrogen functional groups attached to an aromatic ring is 1. The topological polar surface area (TPSA) is 83.5 Å². The lowest BCUT2D eigenvalue weighted by molar-refractivity contribution is 0.478. The van der Waals surface area contributed by atoms with E-state index in [-0.39, 0.29) is 17.0 Å². The van der Waals surface area contributed by atoms with Crippen molar-refractivity contribution < 1.29 is 5.11 Å². The van der Waals surface area contributed by atoms with Crippen LogP contribution in [-0.2, 0) is 0 Å². The minimum absolute atomic E-state index is 0.0327. The number of nitrogens with two attached hydrogens (primary N) is 1. The maximum absolute atomic E-state index is 11.7. The number of phenolic OH excluding ortho intramolecular Hbond substituents is 1. The molecule has 3 rings (SSSR count). The van der Waals surface area contributed by atoms with Crippen LogP contribution in [0, 0.1) is 0 Å². The molecule has 0 saturated heterocycles. The lowest BCUT2D eigenvalue weighted by Gasteiger charge is -2.05. The zero-order chi connectivity index (χ0) is 11.3. The maximum atomic E-state index is 11.7. The van der Waals surface area contributed by atoms with E-state index in [1.54, 1.807) is 28.8 Å². The summed E-state index contributed by atoms with van der Waals surface area (Å²) in [5.74, 6) is -0.0327. The number of benzene rings is 1. The fourth-order valence-corrected chi connectivity index (χ4v) is 1.85. The molecule has 1 aromatic carbocycles. The van der Waals surface area contributed by atoms with Crippen LogP contribution in [0.5, 0.6) is 5.75 Å². The van der Waals surface area contributed by atoms with Crippen molar-refractivity contribution >= 4 is 22.2 Å². The molecule has 0 aliphatic rings. The largest absolute Gasteiger partial charge is 0.506 e. The molecule has 0 saturated carbocycles. The smallest absolute Gasteiger partial charge is 0.272 e. The standard InChI is InChI=1S/C11H9N3O2/c12-6-4-9-7(5-10(6)15)13-11(16)8-2-1-3-14(8)9/h1-5,15H,12H2,(H,13,16). The molecule has 16 heavy (non-hydrogen) atoms. The lowest BCUT2D eigenvalue weighted by atomic mass is 10.2. The molecule has 0 radical (unpaired) electrons. The molecule has 2 heterocycles. The number of nitrogens with zero attached hydrogens (tertiary/aromatic N) is 1. The van der Waals surface area contributed by atoms with E-state index in [0.717, 1.165) is 5.52 Å². The summed E-state index contributed by atoms with van der Waals surface area (Å²) < 4.78 is 1.74. The predicted molar refractivity (Wildman–Crippen MR) is 61.6 cm³/mol. The molecule has 4 N–H and O–H groups in total. The fraction of sp³-hybridized carbons (Fsp3) is 0. The third-order valence-electron chi connectivity index (χ3n) is 2.63. The summed E-state index contributed by atoms with van der Waals surface area (Å²) in [6, 6.07) is 6.59. The number of aromatic hydroxyl groups is 1. The molecule has 0 unspecified atom stereocenters. The number of fused-ring (bicyclic) bond motifs is 3. The number of H-pyrrole nitrogens is 1. The number of aromatic nitrogens is 2. The Bertz CT molecular complexity index is 755. The van der Waals surface area contributed by atoms with E-state index in [1.807, 2.05) is 0 Å². The summed E-state index contributed by atoms with van der Waals surface area (Å²) in [5, 5.41) is 9.47. The van der Waals surface area contributed by atoms with Crippen LogP contribution in [-0.4, -0.2) is 14.5 Å². The molecule has 0 fully saturated rings. The zero-order valence-electron chi connectivity index (χ0n) is 8.27. The number of phenols is 1. The van der Waals surface area contributed by atoms with Crippen molar-refractivity contribution in [2.24, 2.45) is 0 Å². The number of hydrogen-bond acceptors (Lipinski definition) is 3. The van der Waals surface area contributed by atoms with Crippen LogP contribution >= 0.6 is 0 Å². The average Bonchev–Trinajstić information content (AvgIpc) is 2.71. The first-order chi connectivity index (χ1) is 7.66. The highest BCUT2D eigenvalue weighted by Gasteiger charge is 2.06. The van der Waals surface area contributed by atoms with Crippen molar-refractivity contribution in [1.82, 2.24) is 9.38 Å². The number of rotatable bonds is 0. The maximum Gasteiger partial charge on any atom is 0.272 e. The Hall–Kier alpha value is -2.43. The van der Waals surface area contributed by atoms with Gasteiger partial charge in [-0.25, -0.2) is 0 Å². The van der Waals surface area contributed by atoms with Crippen molar-refractivity contribution in [3.63, 3.8) is 0 Å². The molecule has 0 amide bonds.